The Balaban J connectivity index is 3.03. The van der Waals surface area contributed by atoms with Crippen molar-refractivity contribution in [1.29, 1.82) is 0 Å². The van der Waals surface area contributed by atoms with Crippen molar-refractivity contribution in [2.45, 2.75) is 33.4 Å². The summed E-state index contributed by atoms with van der Waals surface area (Å²) in [5.74, 6) is 0.691. The molecule has 4 nitrogen and oxygen atoms in total. The third-order valence-corrected chi connectivity index (χ3v) is 2.44. The van der Waals surface area contributed by atoms with Crippen LogP contribution in [-0.4, -0.2) is 35.8 Å². The van der Waals surface area contributed by atoms with E-state index in [1.54, 1.807) is 13.1 Å². The van der Waals surface area contributed by atoms with Gasteiger partial charge in [0.15, 0.2) is 0 Å². The first-order valence-electron chi connectivity index (χ1n) is 6.26. The summed E-state index contributed by atoms with van der Waals surface area (Å²) >= 11 is 0. The molecule has 0 spiro atoms. The molecular formula is C12H19F3N4. The average Bonchev–Trinajstić information content (AvgIpc) is 2.30. The van der Waals surface area contributed by atoms with Crippen LogP contribution in [0, 0.1) is 6.92 Å². The molecule has 0 aromatic carbocycles. The molecule has 0 aliphatic rings. The van der Waals surface area contributed by atoms with E-state index in [9.17, 15) is 13.2 Å². The van der Waals surface area contributed by atoms with Crippen molar-refractivity contribution in [1.82, 2.24) is 9.97 Å². The minimum absolute atomic E-state index is 0.308. The van der Waals surface area contributed by atoms with E-state index in [2.05, 4.69) is 15.3 Å². The molecule has 0 aliphatic heterocycles. The van der Waals surface area contributed by atoms with Gasteiger partial charge in [-0.25, -0.2) is 4.98 Å². The van der Waals surface area contributed by atoms with E-state index in [4.69, 9.17) is 0 Å². The second kappa shape index (κ2) is 6.58. The number of anilines is 2. The predicted octanol–water partition coefficient (Wildman–Crippen LogP) is 3.00. The van der Waals surface area contributed by atoms with Gasteiger partial charge in [0, 0.05) is 24.8 Å². The molecule has 1 heterocycles. The van der Waals surface area contributed by atoms with Crippen molar-refractivity contribution in [3.63, 3.8) is 0 Å². The number of rotatable bonds is 6. The van der Waals surface area contributed by atoms with Crippen molar-refractivity contribution >= 4 is 11.8 Å². The van der Waals surface area contributed by atoms with Gasteiger partial charge in [-0.1, -0.05) is 6.92 Å². The van der Waals surface area contributed by atoms with Gasteiger partial charge in [-0.2, -0.15) is 18.2 Å². The second-order valence-electron chi connectivity index (χ2n) is 4.27. The zero-order valence-corrected chi connectivity index (χ0v) is 11.4. The quantitative estimate of drug-likeness (QED) is 0.867. The van der Waals surface area contributed by atoms with E-state index in [0.717, 1.165) is 0 Å². The molecule has 7 heteroatoms. The lowest BCUT2D eigenvalue weighted by Crippen LogP contribution is -2.36. The summed E-state index contributed by atoms with van der Waals surface area (Å²) in [6.07, 6.45) is -2.08. The summed E-state index contributed by atoms with van der Waals surface area (Å²) < 4.78 is 37.8. The molecule has 1 aromatic rings. The number of alkyl halides is 3. The highest BCUT2D eigenvalue weighted by atomic mass is 19.4. The zero-order valence-electron chi connectivity index (χ0n) is 11.4. The van der Waals surface area contributed by atoms with Crippen LogP contribution in [0.3, 0.4) is 0 Å². The Hall–Kier alpha value is -1.53. The normalized spacial score (nSPS) is 11.5. The van der Waals surface area contributed by atoms with Crippen LogP contribution in [0.1, 0.15) is 25.8 Å². The maximum absolute atomic E-state index is 12.6. The van der Waals surface area contributed by atoms with Gasteiger partial charge in [-0.05, 0) is 20.3 Å². The van der Waals surface area contributed by atoms with Crippen molar-refractivity contribution in [3.05, 3.63) is 11.8 Å². The first-order chi connectivity index (χ1) is 8.87. The zero-order chi connectivity index (χ0) is 14.5. The van der Waals surface area contributed by atoms with Crippen LogP contribution in [0.4, 0.5) is 24.9 Å². The Labute approximate surface area is 111 Å². The molecule has 0 radical (unpaired) electrons. The fourth-order valence-electron chi connectivity index (χ4n) is 1.74. The van der Waals surface area contributed by atoms with E-state index in [0.29, 0.717) is 36.8 Å². The number of nitrogens with one attached hydrogen (secondary N) is 1. The molecule has 0 bridgehead atoms. The highest BCUT2D eigenvalue weighted by molar-refractivity contribution is 5.49. The summed E-state index contributed by atoms with van der Waals surface area (Å²) in [4.78, 5) is 9.45. The highest BCUT2D eigenvalue weighted by Crippen LogP contribution is 2.24. The number of hydrogen-bond donors (Lipinski definition) is 1. The molecule has 0 atom stereocenters. The smallest absolute Gasteiger partial charge is 0.354 e. The maximum atomic E-state index is 12.6. The van der Waals surface area contributed by atoms with E-state index in [-0.39, 0.29) is 0 Å². The molecule has 108 valence electrons. The lowest BCUT2D eigenvalue weighted by atomic mass is 10.3. The standard InChI is InChI=1S/C12H19F3N4/c1-4-6-19(8-12(13,14)15)10-9(3)7-17-11(18-10)16-5-2/h7H,4-6,8H2,1-3H3,(H,16,17,18). The third kappa shape index (κ3) is 4.92. The number of aromatic nitrogens is 2. The van der Waals surface area contributed by atoms with Gasteiger partial charge in [0.1, 0.15) is 12.4 Å². The van der Waals surface area contributed by atoms with Crippen molar-refractivity contribution in [2.75, 3.05) is 29.9 Å². The van der Waals surface area contributed by atoms with Gasteiger partial charge >= 0.3 is 6.18 Å². The number of aryl methyl sites for hydroxylation is 1. The van der Waals surface area contributed by atoms with Gasteiger partial charge in [-0.3, -0.25) is 0 Å². The lowest BCUT2D eigenvalue weighted by molar-refractivity contribution is -0.119. The van der Waals surface area contributed by atoms with Crippen LogP contribution in [0.15, 0.2) is 6.20 Å². The van der Waals surface area contributed by atoms with E-state index < -0.39 is 12.7 Å². The van der Waals surface area contributed by atoms with Crippen molar-refractivity contribution < 1.29 is 13.2 Å². The van der Waals surface area contributed by atoms with Gasteiger partial charge < -0.3 is 10.2 Å². The molecule has 0 saturated carbocycles. The van der Waals surface area contributed by atoms with Crippen LogP contribution >= 0.6 is 0 Å². The van der Waals surface area contributed by atoms with Crippen molar-refractivity contribution in [3.8, 4) is 0 Å². The summed E-state index contributed by atoms with van der Waals surface area (Å²) in [6.45, 7) is 5.36. The molecule has 0 aliphatic carbocycles. The van der Waals surface area contributed by atoms with Crippen LogP contribution < -0.4 is 10.2 Å². The summed E-state index contributed by atoms with van der Waals surface area (Å²) in [5, 5.41) is 2.90. The minimum atomic E-state index is -4.25. The fraction of sp³-hybridized carbons (Fsp3) is 0.667. The molecule has 1 rings (SSSR count). The molecule has 0 unspecified atom stereocenters. The maximum Gasteiger partial charge on any atom is 0.405 e. The molecule has 0 amide bonds. The third-order valence-electron chi connectivity index (χ3n) is 2.44. The lowest BCUT2D eigenvalue weighted by Gasteiger charge is -2.26. The largest absolute Gasteiger partial charge is 0.405 e. The Morgan fingerprint density at radius 1 is 1.32 bits per heavy atom. The topological polar surface area (TPSA) is 41.1 Å². The van der Waals surface area contributed by atoms with E-state index in [1.807, 2.05) is 13.8 Å². The average molecular weight is 276 g/mol. The number of nitrogens with zero attached hydrogens (tertiary/aromatic N) is 3. The van der Waals surface area contributed by atoms with Crippen LogP contribution in [0.25, 0.3) is 0 Å². The van der Waals surface area contributed by atoms with Crippen LogP contribution in [0.5, 0.6) is 0 Å². The van der Waals surface area contributed by atoms with Crippen LogP contribution in [0.2, 0.25) is 0 Å². The molecular weight excluding hydrogens is 257 g/mol. The van der Waals surface area contributed by atoms with Crippen molar-refractivity contribution in [2.24, 2.45) is 0 Å². The number of hydrogen-bond acceptors (Lipinski definition) is 4. The Kier molecular flexibility index (Phi) is 5.38. The predicted molar refractivity (Wildman–Crippen MR) is 69.5 cm³/mol. The molecule has 1 N–H and O–H groups in total. The van der Waals surface area contributed by atoms with E-state index >= 15 is 0 Å². The second-order valence-corrected chi connectivity index (χ2v) is 4.27. The first kappa shape index (κ1) is 15.5. The molecule has 0 saturated heterocycles. The SMILES string of the molecule is CCCN(CC(F)(F)F)c1nc(NCC)ncc1C. The van der Waals surface area contributed by atoms with Gasteiger partial charge in [0.2, 0.25) is 5.95 Å². The Morgan fingerprint density at radius 2 is 2.00 bits per heavy atom. The number of halogens is 3. The molecule has 1 aromatic heterocycles. The van der Waals surface area contributed by atoms with Gasteiger partial charge in [-0.15, -0.1) is 0 Å². The van der Waals surface area contributed by atoms with E-state index in [1.165, 1.54) is 4.90 Å². The monoisotopic (exact) mass is 276 g/mol. The van der Waals surface area contributed by atoms with Crippen LogP contribution in [-0.2, 0) is 0 Å². The molecule has 0 fully saturated rings. The van der Waals surface area contributed by atoms with Gasteiger partial charge in [0.25, 0.3) is 0 Å². The minimum Gasteiger partial charge on any atom is -0.354 e. The fourth-order valence-corrected chi connectivity index (χ4v) is 1.74. The van der Waals surface area contributed by atoms with Gasteiger partial charge in [0.05, 0.1) is 0 Å². The first-order valence-corrected chi connectivity index (χ1v) is 6.26. The Bertz CT molecular complexity index is 406. The molecule has 19 heavy (non-hydrogen) atoms. The summed E-state index contributed by atoms with van der Waals surface area (Å²) in [6, 6.07) is 0. The summed E-state index contributed by atoms with van der Waals surface area (Å²) in [7, 11) is 0. The summed E-state index contributed by atoms with van der Waals surface area (Å²) in [5.41, 5.74) is 0.638. The Morgan fingerprint density at radius 3 is 2.53 bits per heavy atom. The highest BCUT2D eigenvalue weighted by Gasteiger charge is 2.31.